The minimum atomic E-state index is -0.277. The van der Waals surface area contributed by atoms with Crippen molar-refractivity contribution < 1.29 is 9.53 Å². The Morgan fingerprint density at radius 3 is 3.21 bits per heavy atom. The summed E-state index contributed by atoms with van der Waals surface area (Å²) in [6.07, 6.45) is 1.74. The average Bonchev–Trinajstić information content (AvgIpc) is 2.47. The molecule has 0 spiro atoms. The van der Waals surface area contributed by atoms with Gasteiger partial charge >= 0.3 is 0 Å². The summed E-state index contributed by atoms with van der Waals surface area (Å²) in [7, 11) is 1.83. The van der Waals surface area contributed by atoms with Crippen LogP contribution in [0.1, 0.15) is 6.92 Å². The molecule has 0 aromatic carbocycles. The highest BCUT2D eigenvalue weighted by Gasteiger charge is 2.29. The molecular formula is C13H20N4O2. The molecule has 2 rings (SSSR count). The summed E-state index contributed by atoms with van der Waals surface area (Å²) in [5.74, 6) is 0.795. The van der Waals surface area contributed by atoms with Gasteiger partial charge in [0.2, 0.25) is 5.91 Å². The molecule has 1 saturated heterocycles. The fourth-order valence-corrected chi connectivity index (χ4v) is 2.16. The molecule has 2 N–H and O–H groups in total. The number of hydrogen-bond donors (Lipinski definition) is 2. The standard InChI is InChI=1S/C13H20N4O2/c1-3-15-13(18)11-9-19-7-6-17(11)10-4-5-16-12(8-10)14-2/h4-5,8,11H,3,6-7,9H2,1-2H3,(H,14,16)(H,15,18). The first-order valence-electron chi connectivity index (χ1n) is 6.52. The van der Waals surface area contributed by atoms with Crippen LogP contribution in [-0.4, -0.2) is 50.3 Å². The van der Waals surface area contributed by atoms with Gasteiger partial charge in [0.1, 0.15) is 11.9 Å². The topological polar surface area (TPSA) is 66.5 Å². The minimum Gasteiger partial charge on any atom is -0.377 e. The highest BCUT2D eigenvalue weighted by molar-refractivity contribution is 5.85. The van der Waals surface area contributed by atoms with E-state index in [4.69, 9.17) is 4.74 Å². The van der Waals surface area contributed by atoms with E-state index < -0.39 is 0 Å². The van der Waals surface area contributed by atoms with Gasteiger partial charge in [0.25, 0.3) is 0 Å². The van der Waals surface area contributed by atoms with Crippen LogP contribution in [-0.2, 0) is 9.53 Å². The fourth-order valence-electron chi connectivity index (χ4n) is 2.16. The Morgan fingerprint density at radius 2 is 2.47 bits per heavy atom. The number of likely N-dealkylation sites (N-methyl/N-ethyl adjacent to an activating group) is 1. The van der Waals surface area contributed by atoms with E-state index in [2.05, 4.69) is 20.5 Å². The van der Waals surface area contributed by atoms with Crippen LogP contribution in [0.15, 0.2) is 18.3 Å². The highest BCUT2D eigenvalue weighted by atomic mass is 16.5. The Balaban J connectivity index is 2.20. The summed E-state index contributed by atoms with van der Waals surface area (Å²) >= 11 is 0. The van der Waals surface area contributed by atoms with Gasteiger partial charge in [0, 0.05) is 38.1 Å². The number of hydrogen-bond acceptors (Lipinski definition) is 5. The number of carbonyl (C=O) groups is 1. The monoisotopic (exact) mass is 264 g/mol. The number of anilines is 2. The summed E-state index contributed by atoms with van der Waals surface area (Å²) in [6.45, 7) is 4.30. The van der Waals surface area contributed by atoms with E-state index in [1.165, 1.54) is 0 Å². The van der Waals surface area contributed by atoms with Crippen molar-refractivity contribution in [3.8, 4) is 0 Å². The molecule has 1 aromatic rings. The zero-order valence-electron chi connectivity index (χ0n) is 11.3. The van der Waals surface area contributed by atoms with Crippen molar-refractivity contribution >= 4 is 17.4 Å². The minimum absolute atomic E-state index is 0.00465. The number of nitrogens with zero attached hydrogens (tertiary/aromatic N) is 2. The SMILES string of the molecule is CCNC(=O)C1COCCN1c1ccnc(NC)c1. The van der Waals surface area contributed by atoms with Crippen LogP contribution < -0.4 is 15.5 Å². The Labute approximate surface area is 113 Å². The Morgan fingerprint density at radius 1 is 1.63 bits per heavy atom. The number of rotatable bonds is 4. The van der Waals surface area contributed by atoms with Crippen LogP contribution in [0.3, 0.4) is 0 Å². The maximum absolute atomic E-state index is 12.1. The van der Waals surface area contributed by atoms with Crippen LogP contribution in [0.25, 0.3) is 0 Å². The molecule has 19 heavy (non-hydrogen) atoms. The van der Waals surface area contributed by atoms with Crippen molar-refractivity contribution in [3.05, 3.63) is 18.3 Å². The van der Waals surface area contributed by atoms with Crippen LogP contribution in [0, 0.1) is 0 Å². The molecule has 2 heterocycles. The van der Waals surface area contributed by atoms with Gasteiger partial charge in [0.05, 0.1) is 13.2 Å². The van der Waals surface area contributed by atoms with Crippen molar-refractivity contribution in [2.45, 2.75) is 13.0 Å². The van der Waals surface area contributed by atoms with Gasteiger partial charge in [-0.25, -0.2) is 4.98 Å². The summed E-state index contributed by atoms with van der Waals surface area (Å²) in [5.41, 5.74) is 0.985. The summed E-state index contributed by atoms with van der Waals surface area (Å²) < 4.78 is 5.42. The quantitative estimate of drug-likeness (QED) is 0.827. The lowest BCUT2D eigenvalue weighted by Gasteiger charge is -2.36. The molecule has 1 unspecified atom stereocenters. The van der Waals surface area contributed by atoms with Gasteiger partial charge in [-0.1, -0.05) is 0 Å². The zero-order chi connectivity index (χ0) is 13.7. The molecule has 0 aliphatic carbocycles. The van der Waals surface area contributed by atoms with E-state index in [1.54, 1.807) is 6.20 Å². The molecule has 1 aliphatic heterocycles. The van der Waals surface area contributed by atoms with Crippen molar-refractivity contribution in [1.82, 2.24) is 10.3 Å². The number of pyridine rings is 1. The van der Waals surface area contributed by atoms with Crippen molar-refractivity contribution in [1.29, 1.82) is 0 Å². The fraction of sp³-hybridized carbons (Fsp3) is 0.538. The van der Waals surface area contributed by atoms with E-state index in [-0.39, 0.29) is 11.9 Å². The van der Waals surface area contributed by atoms with Crippen molar-refractivity contribution in [3.63, 3.8) is 0 Å². The van der Waals surface area contributed by atoms with Gasteiger partial charge in [-0.05, 0) is 13.0 Å². The predicted molar refractivity (Wildman–Crippen MR) is 74.4 cm³/mol. The van der Waals surface area contributed by atoms with E-state index >= 15 is 0 Å². The Bertz CT molecular complexity index is 438. The first-order valence-corrected chi connectivity index (χ1v) is 6.52. The molecule has 1 amide bonds. The molecule has 1 aliphatic rings. The van der Waals surface area contributed by atoms with Crippen LogP contribution in [0.2, 0.25) is 0 Å². The van der Waals surface area contributed by atoms with Gasteiger partial charge in [-0.15, -0.1) is 0 Å². The van der Waals surface area contributed by atoms with Crippen LogP contribution >= 0.6 is 0 Å². The lowest BCUT2D eigenvalue weighted by Crippen LogP contribution is -2.54. The molecule has 1 aromatic heterocycles. The van der Waals surface area contributed by atoms with Gasteiger partial charge in [0.15, 0.2) is 0 Å². The zero-order valence-corrected chi connectivity index (χ0v) is 11.3. The third-order valence-corrected chi connectivity index (χ3v) is 3.11. The van der Waals surface area contributed by atoms with Gasteiger partial charge < -0.3 is 20.3 Å². The first-order chi connectivity index (χ1) is 9.26. The number of carbonyl (C=O) groups excluding carboxylic acids is 1. The molecule has 6 nitrogen and oxygen atoms in total. The van der Waals surface area contributed by atoms with Crippen LogP contribution in [0.5, 0.6) is 0 Å². The second-order valence-electron chi connectivity index (χ2n) is 4.33. The third kappa shape index (κ3) is 3.14. The van der Waals surface area contributed by atoms with Crippen molar-refractivity contribution in [2.75, 3.05) is 43.6 Å². The molecule has 0 bridgehead atoms. The smallest absolute Gasteiger partial charge is 0.245 e. The van der Waals surface area contributed by atoms with E-state index in [9.17, 15) is 4.79 Å². The van der Waals surface area contributed by atoms with Gasteiger partial charge in [-0.3, -0.25) is 4.79 Å². The summed E-state index contributed by atoms with van der Waals surface area (Å²) in [5, 5.41) is 5.86. The first kappa shape index (κ1) is 13.6. The summed E-state index contributed by atoms with van der Waals surface area (Å²) in [6, 6.07) is 3.58. The average molecular weight is 264 g/mol. The van der Waals surface area contributed by atoms with E-state index in [0.717, 1.165) is 11.5 Å². The summed E-state index contributed by atoms with van der Waals surface area (Å²) in [4.78, 5) is 18.3. The highest BCUT2D eigenvalue weighted by Crippen LogP contribution is 2.21. The van der Waals surface area contributed by atoms with Crippen molar-refractivity contribution in [2.24, 2.45) is 0 Å². The Hall–Kier alpha value is -1.82. The number of aromatic nitrogens is 1. The maximum atomic E-state index is 12.1. The molecule has 104 valence electrons. The van der Waals surface area contributed by atoms with Crippen LogP contribution in [0.4, 0.5) is 11.5 Å². The lowest BCUT2D eigenvalue weighted by molar-refractivity contribution is -0.124. The third-order valence-electron chi connectivity index (χ3n) is 3.11. The molecule has 1 atom stereocenters. The Kier molecular flexibility index (Phi) is 4.57. The van der Waals surface area contributed by atoms with E-state index in [0.29, 0.717) is 26.3 Å². The largest absolute Gasteiger partial charge is 0.377 e. The maximum Gasteiger partial charge on any atom is 0.245 e. The number of ether oxygens (including phenoxy) is 1. The lowest BCUT2D eigenvalue weighted by atomic mass is 10.2. The number of nitrogens with one attached hydrogen (secondary N) is 2. The molecule has 6 heteroatoms. The van der Waals surface area contributed by atoms with Gasteiger partial charge in [-0.2, -0.15) is 0 Å². The molecule has 0 radical (unpaired) electrons. The molecule has 0 saturated carbocycles. The molecular weight excluding hydrogens is 244 g/mol. The normalized spacial score (nSPS) is 19.1. The number of morpholine rings is 1. The number of amides is 1. The predicted octanol–water partition coefficient (Wildman–Crippen LogP) is 0.465. The second kappa shape index (κ2) is 6.38. The molecule has 1 fully saturated rings. The van der Waals surface area contributed by atoms with E-state index in [1.807, 2.05) is 26.1 Å². The second-order valence-corrected chi connectivity index (χ2v) is 4.33.